The lowest BCUT2D eigenvalue weighted by Crippen LogP contribution is -2.35. The molecule has 0 saturated carbocycles. The molecular weight excluding hydrogens is 1380 g/mol. The van der Waals surface area contributed by atoms with Crippen LogP contribution < -0.4 is 18.3 Å². The Morgan fingerprint density at radius 3 is 1.10 bits per heavy atom. The molecule has 16 aromatic rings. The molecule has 552 valence electrons. The summed E-state index contributed by atoms with van der Waals surface area (Å²) < 4.78 is 31.9. The monoisotopic (exact) mass is 1470 g/mol. The maximum atomic E-state index is 14.8. The van der Waals surface area contributed by atoms with Crippen LogP contribution in [0.15, 0.2) is 279 Å². The minimum Gasteiger partial charge on any atom is -0.238 e. The van der Waals surface area contributed by atoms with Crippen molar-refractivity contribution >= 4 is 65.8 Å². The van der Waals surface area contributed by atoms with Gasteiger partial charge in [-0.3, -0.25) is 0 Å². The van der Waals surface area contributed by atoms with E-state index in [4.69, 9.17) is 27.7 Å². The lowest BCUT2D eigenvalue weighted by atomic mass is 9.87. The van der Waals surface area contributed by atoms with E-state index < -0.39 is 0 Å². The van der Waals surface area contributed by atoms with Crippen molar-refractivity contribution in [3.05, 3.63) is 381 Å². The van der Waals surface area contributed by atoms with Gasteiger partial charge in [0.25, 0.3) is 0 Å². The zero-order valence-electron chi connectivity index (χ0n) is 67.0. The standard InChI is InChI=1S/C27H25N2.C26H23N2.C25H20FN2.C25H21N2.CH4/c1-18(2)25-16-22(20-9-7-6-8-10-20)17-26(19(25)3)27-24-12-11-23(28-4)15-21(24)13-14-29(27)5;1-17-13-21(20-9-7-6-8-10-20)16-25(19(17)3)26-24-12-11-23(27-4)15-22(24)14-18(2)28(26)5;1-16-12-24(26)23(18-8-6-5-7-9-18)15-22(16)25-21-11-10-20(27-3)14-19(21)13-17(2)28(25)4;1-17-10-11-20(19-8-6-5-7-9-19)16-24(17)25-23-13-12-22(26-3)15-21(23)14-18(2)27(25)4;/h6-18H,1-3,5H3;6-16H,1-3,5H3;5-15H,1-2,4H3;5-16H,1-2,4H3;1H4/q4*+1;/i14D;;;;. The number of halogens is 1. The second-order valence-corrected chi connectivity index (χ2v) is 29.3. The lowest BCUT2D eigenvalue weighted by Gasteiger charge is -2.17. The molecule has 12 aromatic carbocycles. The smallest absolute Gasteiger partial charge is 0.220 e. The van der Waals surface area contributed by atoms with Crippen LogP contribution in [0.2, 0.25) is 0 Å². The first-order chi connectivity index (χ1) is 54.5. The number of hydrogen-bond acceptors (Lipinski definition) is 0. The van der Waals surface area contributed by atoms with Gasteiger partial charge in [-0.1, -0.05) is 215 Å². The molecule has 0 radical (unpaired) electrons. The molecule has 0 fully saturated rings. The number of aromatic nitrogens is 4. The summed E-state index contributed by atoms with van der Waals surface area (Å²) in [6, 6.07) is 92.1. The predicted octanol–water partition coefficient (Wildman–Crippen LogP) is 26.6. The quantitative estimate of drug-likeness (QED) is 0.102. The Kier molecular flexibility index (Phi) is 23.3. The molecule has 0 bridgehead atoms. The summed E-state index contributed by atoms with van der Waals surface area (Å²) in [5, 5.41) is 8.62. The zero-order valence-corrected chi connectivity index (χ0v) is 66.0. The van der Waals surface area contributed by atoms with Crippen LogP contribution in [0.4, 0.5) is 27.1 Å². The van der Waals surface area contributed by atoms with Crippen LogP contribution in [0.1, 0.15) is 79.0 Å². The minimum absolute atomic E-state index is 0. The van der Waals surface area contributed by atoms with Gasteiger partial charge in [0.05, 0.1) is 70.1 Å². The van der Waals surface area contributed by atoms with Gasteiger partial charge in [-0.25, -0.2) is 28.3 Å². The summed E-state index contributed by atoms with van der Waals surface area (Å²) in [6.45, 7) is 50.7. The fourth-order valence-corrected chi connectivity index (χ4v) is 15.3. The van der Waals surface area contributed by atoms with Crippen molar-refractivity contribution in [2.75, 3.05) is 0 Å². The highest BCUT2D eigenvalue weighted by Gasteiger charge is 2.27. The summed E-state index contributed by atoms with van der Waals surface area (Å²) in [7, 11) is 8.21. The molecule has 0 aliphatic heterocycles. The van der Waals surface area contributed by atoms with E-state index in [-0.39, 0.29) is 13.2 Å². The summed E-state index contributed by atoms with van der Waals surface area (Å²) >= 11 is 0. The fourth-order valence-electron chi connectivity index (χ4n) is 15.3. The highest BCUT2D eigenvalue weighted by Crippen LogP contribution is 2.41. The van der Waals surface area contributed by atoms with Crippen molar-refractivity contribution in [2.45, 2.75) is 82.6 Å². The van der Waals surface area contributed by atoms with Crippen LogP contribution in [-0.2, 0) is 28.2 Å². The van der Waals surface area contributed by atoms with Gasteiger partial charge in [-0.05, 0) is 189 Å². The first-order valence-corrected chi connectivity index (χ1v) is 37.6. The molecule has 16 rings (SSSR count). The number of aryl methyl sites for hydroxylation is 6. The normalized spacial score (nSPS) is 10.9. The number of nitrogens with zero attached hydrogens (tertiary/aromatic N) is 8. The van der Waals surface area contributed by atoms with Gasteiger partial charge >= 0.3 is 0 Å². The topological polar surface area (TPSA) is 33.0 Å². The highest BCUT2D eigenvalue weighted by molar-refractivity contribution is 6.00. The molecule has 0 aliphatic carbocycles. The van der Waals surface area contributed by atoms with E-state index in [2.05, 4.69) is 254 Å². The van der Waals surface area contributed by atoms with Crippen molar-refractivity contribution in [1.29, 1.82) is 0 Å². The van der Waals surface area contributed by atoms with E-state index in [1.165, 1.54) is 106 Å². The fraction of sp³-hybridized carbons (Fsp3) is 0.154. The molecule has 0 aliphatic rings. The summed E-state index contributed by atoms with van der Waals surface area (Å²) in [5.74, 6) is 0.166. The molecule has 9 heteroatoms. The summed E-state index contributed by atoms with van der Waals surface area (Å²) in [4.78, 5) is 14.3. The molecule has 0 amide bonds. The highest BCUT2D eigenvalue weighted by atomic mass is 19.1. The van der Waals surface area contributed by atoms with Crippen LogP contribution in [0.5, 0.6) is 0 Å². The third kappa shape index (κ3) is 16.3. The van der Waals surface area contributed by atoms with E-state index in [1.54, 1.807) is 6.07 Å². The number of fused-ring (bicyclic) bond motifs is 4. The lowest BCUT2D eigenvalue weighted by molar-refractivity contribution is -0.665. The van der Waals surface area contributed by atoms with Gasteiger partial charge in [-0.2, -0.15) is 13.7 Å². The molecule has 113 heavy (non-hydrogen) atoms. The van der Waals surface area contributed by atoms with Crippen LogP contribution in [-0.4, -0.2) is 0 Å². The summed E-state index contributed by atoms with van der Waals surface area (Å²) in [6.07, 6.45) is 0.426. The van der Waals surface area contributed by atoms with E-state index in [0.29, 0.717) is 40.4 Å². The Morgan fingerprint density at radius 2 is 0.673 bits per heavy atom. The number of hydrogen-bond donors (Lipinski definition) is 0. The molecule has 8 nitrogen and oxygen atoms in total. The van der Waals surface area contributed by atoms with E-state index in [0.717, 1.165) is 71.7 Å². The summed E-state index contributed by atoms with van der Waals surface area (Å²) in [5.41, 5.74) is 31.0. The Morgan fingerprint density at radius 1 is 0.310 bits per heavy atom. The first kappa shape index (κ1) is 77.3. The third-order valence-electron chi connectivity index (χ3n) is 21.8. The maximum absolute atomic E-state index is 14.8. The minimum atomic E-state index is -0.220. The molecule has 4 heterocycles. The van der Waals surface area contributed by atoms with E-state index >= 15 is 0 Å². The Hall–Kier alpha value is -13.8. The SMILES string of the molecule is C.[2H]c1cc2cc([N+]#[C-])ccc2c(-c2cc(-c3ccccc3)cc(C(C)C)c2C)[n+]1C.[C-]#[N+]c1ccc2c(-c3cc(-c4ccccc4)c(F)cc3C)[n+](C)c(C)cc2c1.[C-]#[N+]c1ccc2c(-c3cc(-c4ccccc4)cc(C)c3C)[n+](C)c(C)cc2c1.[C-]#[N+]c1ccc2c(-c3cc(-c4ccccc4)ccc3C)[n+](C)c(C)cc2c1. The van der Waals surface area contributed by atoms with Crippen LogP contribution in [0.25, 0.3) is 152 Å². The van der Waals surface area contributed by atoms with Crippen molar-refractivity contribution in [1.82, 2.24) is 0 Å². The predicted molar refractivity (Wildman–Crippen MR) is 468 cm³/mol. The molecule has 0 spiro atoms. The third-order valence-corrected chi connectivity index (χ3v) is 21.8. The van der Waals surface area contributed by atoms with Gasteiger partial charge in [0.15, 0.2) is 46.0 Å². The molecule has 0 unspecified atom stereocenters. The largest absolute Gasteiger partial charge is 0.238 e. The maximum Gasteiger partial charge on any atom is 0.220 e. The Balaban J connectivity index is 0.000000140. The van der Waals surface area contributed by atoms with Gasteiger partial charge in [0, 0.05) is 50.6 Å². The Labute approximate surface area is 667 Å². The molecular formula is C104H93FN8+4. The Bertz CT molecular complexity index is 6600. The van der Waals surface area contributed by atoms with Gasteiger partial charge in [-0.15, -0.1) is 0 Å². The van der Waals surface area contributed by atoms with E-state index in [1.807, 2.05) is 148 Å². The van der Waals surface area contributed by atoms with Crippen LogP contribution in [0.3, 0.4) is 0 Å². The molecule has 0 N–H and O–H groups in total. The van der Waals surface area contributed by atoms with Crippen molar-refractivity contribution < 1.29 is 24.0 Å². The first-order valence-electron chi connectivity index (χ1n) is 38.1. The van der Waals surface area contributed by atoms with Crippen LogP contribution in [0, 0.1) is 87.5 Å². The zero-order chi connectivity index (χ0) is 80.1. The second-order valence-electron chi connectivity index (χ2n) is 29.3. The molecule has 0 saturated heterocycles. The van der Waals surface area contributed by atoms with E-state index in [9.17, 15) is 4.39 Å². The number of pyridine rings is 4. The van der Waals surface area contributed by atoms with Gasteiger partial charge in [0.2, 0.25) is 22.8 Å². The van der Waals surface area contributed by atoms with Crippen molar-refractivity contribution in [3.63, 3.8) is 0 Å². The average molecular weight is 1470 g/mol. The molecule has 0 atom stereocenters. The second kappa shape index (κ2) is 34.0. The number of rotatable bonds is 9. The molecule has 4 aromatic heterocycles. The van der Waals surface area contributed by atoms with Gasteiger partial charge in [0.1, 0.15) is 35.4 Å². The van der Waals surface area contributed by atoms with Crippen molar-refractivity contribution in [2.24, 2.45) is 28.2 Å². The van der Waals surface area contributed by atoms with Gasteiger partial charge < -0.3 is 0 Å². The average Bonchev–Trinajstić information content (AvgIpc) is 0.774. The van der Waals surface area contributed by atoms with Crippen molar-refractivity contribution in [3.8, 4) is 89.5 Å². The van der Waals surface area contributed by atoms with Crippen LogP contribution >= 0.6 is 0 Å². The number of benzene rings is 12.